The Kier molecular flexibility index (Phi) is 3.29. The van der Waals surface area contributed by atoms with Crippen molar-refractivity contribution in [1.29, 1.82) is 0 Å². The van der Waals surface area contributed by atoms with E-state index in [2.05, 4.69) is 10.3 Å². The van der Waals surface area contributed by atoms with Gasteiger partial charge in [0, 0.05) is 16.9 Å². The molecule has 1 aromatic heterocycles. The number of halogens is 1. The molecule has 2 aromatic rings. The highest BCUT2D eigenvalue weighted by Crippen LogP contribution is 2.13. The van der Waals surface area contributed by atoms with Gasteiger partial charge < -0.3 is 10.3 Å². The predicted octanol–water partition coefficient (Wildman–Crippen LogP) is 0.969. The lowest BCUT2D eigenvalue weighted by molar-refractivity contribution is 0.102. The quantitative estimate of drug-likeness (QED) is 0.755. The molecule has 0 radical (unpaired) electrons. The number of hydrogen-bond acceptors (Lipinski definition) is 3. The summed E-state index contributed by atoms with van der Waals surface area (Å²) in [5, 5.41) is 3.04. The standard InChI is InChI=1S/C11H8ClN3O3/c12-6-1-3-7(4-2-6)14-9(16)8-5-13-11(18)15-10(8)17/h1-5H,(H,14,16)(H2,13,15,17,18). The van der Waals surface area contributed by atoms with Crippen LogP contribution in [-0.2, 0) is 0 Å². The molecule has 0 spiro atoms. The Hall–Kier alpha value is -2.34. The highest BCUT2D eigenvalue weighted by molar-refractivity contribution is 6.30. The second kappa shape index (κ2) is 4.89. The summed E-state index contributed by atoms with van der Waals surface area (Å²) >= 11 is 5.70. The van der Waals surface area contributed by atoms with Crippen molar-refractivity contribution < 1.29 is 4.79 Å². The van der Waals surface area contributed by atoms with Gasteiger partial charge in [-0.05, 0) is 24.3 Å². The molecule has 0 atom stereocenters. The fourth-order valence-electron chi connectivity index (χ4n) is 1.31. The van der Waals surface area contributed by atoms with Gasteiger partial charge in [-0.1, -0.05) is 11.6 Å². The van der Waals surface area contributed by atoms with Crippen molar-refractivity contribution >= 4 is 23.2 Å². The van der Waals surface area contributed by atoms with Crippen molar-refractivity contribution in [2.75, 3.05) is 5.32 Å². The van der Waals surface area contributed by atoms with E-state index in [1.165, 1.54) is 0 Å². The lowest BCUT2D eigenvalue weighted by atomic mass is 10.2. The number of amides is 1. The third-order valence-corrected chi connectivity index (χ3v) is 2.42. The summed E-state index contributed by atoms with van der Waals surface area (Å²) in [4.78, 5) is 38.1. The van der Waals surface area contributed by atoms with E-state index in [4.69, 9.17) is 11.6 Å². The Morgan fingerprint density at radius 1 is 1.17 bits per heavy atom. The number of anilines is 1. The third kappa shape index (κ3) is 2.67. The first-order valence-electron chi connectivity index (χ1n) is 4.95. The summed E-state index contributed by atoms with van der Waals surface area (Å²) < 4.78 is 0. The lowest BCUT2D eigenvalue weighted by Gasteiger charge is -2.03. The van der Waals surface area contributed by atoms with Crippen LogP contribution in [0.3, 0.4) is 0 Å². The van der Waals surface area contributed by atoms with Crippen LogP contribution in [0.15, 0.2) is 40.1 Å². The van der Waals surface area contributed by atoms with Gasteiger partial charge >= 0.3 is 5.69 Å². The van der Waals surface area contributed by atoms with Crippen molar-refractivity contribution in [3.8, 4) is 0 Å². The van der Waals surface area contributed by atoms with Crippen molar-refractivity contribution in [3.05, 3.63) is 61.9 Å². The number of aromatic nitrogens is 2. The fraction of sp³-hybridized carbons (Fsp3) is 0. The van der Waals surface area contributed by atoms with Gasteiger partial charge in [0.1, 0.15) is 5.56 Å². The average Bonchev–Trinajstić information content (AvgIpc) is 2.32. The Bertz CT molecular complexity index is 688. The lowest BCUT2D eigenvalue weighted by Crippen LogP contribution is -2.29. The highest BCUT2D eigenvalue weighted by atomic mass is 35.5. The molecule has 0 saturated heterocycles. The first kappa shape index (κ1) is 12.1. The molecule has 0 unspecified atom stereocenters. The van der Waals surface area contributed by atoms with Crippen molar-refractivity contribution in [2.24, 2.45) is 0 Å². The summed E-state index contributed by atoms with van der Waals surface area (Å²) in [5.41, 5.74) is -1.09. The molecule has 0 saturated carbocycles. The van der Waals surface area contributed by atoms with E-state index in [1.807, 2.05) is 4.98 Å². The zero-order chi connectivity index (χ0) is 13.1. The summed E-state index contributed by atoms with van der Waals surface area (Å²) in [6, 6.07) is 6.41. The number of rotatable bonds is 2. The maximum atomic E-state index is 11.7. The monoisotopic (exact) mass is 265 g/mol. The molecule has 7 heteroatoms. The zero-order valence-electron chi connectivity index (χ0n) is 8.99. The Morgan fingerprint density at radius 2 is 1.83 bits per heavy atom. The van der Waals surface area contributed by atoms with Crippen LogP contribution < -0.4 is 16.6 Å². The number of carbonyl (C=O) groups excluding carboxylic acids is 1. The van der Waals surface area contributed by atoms with E-state index < -0.39 is 17.2 Å². The Morgan fingerprint density at radius 3 is 2.44 bits per heavy atom. The van der Waals surface area contributed by atoms with Gasteiger partial charge in [-0.3, -0.25) is 14.6 Å². The molecule has 1 heterocycles. The molecule has 2 rings (SSSR count). The molecule has 0 bridgehead atoms. The normalized spacial score (nSPS) is 10.1. The van der Waals surface area contributed by atoms with Gasteiger partial charge in [0.2, 0.25) is 0 Å². The molecule has 92 valence electrons. The van der Waals surface area contributed by atoms with Crippen LogP contribution in [0, 0.1) is 0 Å². The zero-order valence-corrected chi connectivity index (χ0v) is 9.75. The highest BCUT2D eigenvalue weighted by Gasteiger charge is 2.10. The molecular formula is C11H8ClN3O3. The van der Waals surface area contributed by atoms with Crippen LogP contribution in [0.4, 0.5) is 5.69 Å². The molecule has 0 aliphatic rings. The van der Waals surface area contributed by atoms with Gasteiger partial charge in [-0.2, -0.15) is 0 Å². The van der Waals surface area contributed by atoms with Gasteiger partial charge in [-0.25, -0.2) is 4.79 Å². The van der Waals surface area contributed by atoms with Gasteiger partial charge in [-0.15, -0.1) is 0 Å². The minimum absolute atomic E-state index is 0.176. The molecule has 0 aliphatic carbocycles. The van der Waals surface area contributed by atoms with Crippen LogP contribution >= 0.6 is 11.6 Å². The number of H-pyrrole nitrogens is 2. The summed E-state index contributed by atoms with van der Waals surface area (Å²) in [6.45, 7) is 0. The minimum atomic E-state index is -0.745. The summed E-state index contributed by atoms with van der Waals surface area (Å²) in [6.07, 6.45) is 1.06. The van der Waals surface area contributed by atoms with Crippen LogP contribution in [-0.4, -0.2) is 15.9 Å². The van der Waals surface area contributed by atoms with Crippen LogP contribution in [0.25, 0.3) is 0 Å². The fourth-order valence-corrected chi connectivity index (χ4v) is 1.44. The number of benzene rings is 1. The van der Waals surface area contributed by atoms with E-state index in [-0.39, 0.29) is 5.56 Å². The summed E-state index contributed by atoms with van der Waals surface area (Å²) in [7, 11) is 0. The van der Waals surface area contributed by atoms with Crippen LogP contribution in [0.5, 0.6) is 0 Å². The smallest absolute Gasteiger partial charge is 0.322 e. The molecule has 0 aliphatic heterocycles. The first-order chi connectivity index (χ1) is 8.56. The second-order valence-corrected chi connectivity index (χ2v) is 3.88. The van der Waals surface area contributed by atoms with Gasteiger partial charge in [0.05, 0.1) is 0 Å². The SMILES string of the molecule is O=C(Nc1ccc(Cl)cc1)c1c[nH]c(=O)[nH]c1=O. The van der Waals surface area contributed by atoms with E-state index in [1.54, 1.807) is 24.3 Å². The van der Waals surface area contributed by atoms with E-state index in [0.29, 0.717) is 10.7 Å². The number of hydrogen-bond donors (Lipinski definition) is 3. The van der Waals surface area contributed by atoms with Crippen molar-refractivity contribution in [3.63, 3.8) is 0 Å². The van der Waals surface area contributed by atoms with E-state index in [0.717, 1.165) is 6.20 Å². The molecule has 1 amide bonds. The molecule has 1 aromatic carbocycles. The molecule has 6 nitrogen and oxygen atoms in total. The Labute approximate surface area is 106 Å². The minimum Gasteiger partial charge on any atom is -0.322 e. The maximum absolute atomic E-state index is 11.7. The number of aromatic amines is 2. The van der Waals surface area contributed by atoms with Crippen LogP contribution in [0.2, 0.25) is 5.02 Å². The number of carbonyl (C=O) groups is 1. The third-order valence-electron chi connectivity index (χ3n) is 2.17. The molecule has 0 fully saturated rings. The van der Waals surface area contributed by atoms with Crippen LogP contribution in [0.1, 0.15) is 10.4 Å². The molecule has 18 heavy (non-hydrogen) atoms. The average molecular weight is 266 g/mol. The first-order valence-corrected chi connectivity index (χ1v) is 5.33. The van der Waals surface area contributed by atoms with Crippen molar-refractivity contribution in [2.45, 2.75) is 0 Å². The second-order valence-electron chi connectivity index (χ2n) is 3.45. The molecule has 3 N–H and O–H groups in total. The summed E-state index contributed by atoms with van der Waals surface area (Å²) in [5.74, 6) is -0.616. The maximum Gasteiger partial charge on any atom is 0.325 e. The topological polar surface area (TPSA) is 94.8 Å². The van der Waals surface area contributed by atoms with E-state index in [9.17, 15) is 14.4 Å². The molecular weight excluding hydrogens is 258 g/mol. The van der Waals surface area contributed by atoms with Gasteiger partial charge in [0.25, 0.3) is 11.5 Å². The largest absolute Gasteiger partial charge is 0.325 e. The number of nitrogens with one attached hydrogen (secondary N) is 3. The predicted molar refractivity (Wildman–Crippen MR) is 67.1 cm³/mol. The Balaban J connectivity index is 2.24. The van der Waals surface area contributed by atoms with Gasteiger partial charge in [0.15, 0.2) is 0 Å². The van der Waals surface area contributed by atoms with Crippen molar-refractivity contribution in [1.82, 2.24) is 9.97 Å². The van der Waals surface area contributed by atoms with E-state index >= 15 is 0 Å².